The molecule has 0 bridgehead atoms. The monoisotopic (exact) mass is 382 g/mol. The van der Waals surface area contributed by atoms with Gasteiger partial charge in [-0.3, -0.25) is 9.69 Å². The van der Waals surface area contributed by atoms with Crippen LogP contribution in [0.1, 0.15) is 22.6 Å². The number of fused-ring (bicyclic) bond motifs is 1. The average molecular weight is 383 g/mol. The van der Waals surface area contributed by atoms with Gasteiger partial charge in [0, 0.05) is 42.8 Å². The maximum absolute atomic E-state index is 12.2. The van der Waals surface area contributed by atoms with E-state index in [1.54, 1.807) is 18.3 Å². The third kappa shape index (κ3) is 4.02. The first kappa shape index (κ1) is 17.7. The number of nitrogens with one attached hydrogen (secondary N) is 1. The van der Waals surface area contributed by atoms with Crippen LogP contribution in [0.15, 0.2) is 47.4 Å². The maximum Gasteiger partial charge on any atom is 0.255 e. The molecule has 27 heavy (non-hydrogen) atoms. The van der Waals surface area contributed by atoms with Crippen molar-refractivity contribution in [2.24, 2.45) is 0 Å². The third-order valence-corrected chi connectivity index (χ3v) is 4.79. The Morgan fingerprint density at radius 1 is 1.26 bits per heavy atom. The van der Waals surface area contributed by atoms with Gasteiger partial charge in [0.15, 0.2) is 0 Å². The first-order chi connectivity index (χ1) is 13.1. The summed E-state index contributed by atoms with van der Waals surface area (Å²) in [5.74, 6) is 1.90. The zero-order chi connectivity index (χ0) is 18.8. The van der Waals surface area contributed by atoms with Gasteiger partial charge in [0.05, 0.1) is 11.3 Å². The van der Waals surface area contributed by atoms with Gasteiger partial charge in [-0.1, -0.05) is 17.7 Å². The smallest absolute Gasteiger partial charge is 0.255 e. The predicted octanol–water partition coefficient (Wildman–Crippen LogP) is 3.48. The molecule has 7 heteroatoms. The highest BCUT2D eigenvalue weighted by Gasteiger charge is 2.22. The van der Waals surface area contributed by atoms with Gasteiger partial charge in [0.1, 0.15) is 11.6 Å². The molecule has 0 saturated carbocycles. The van der Waals surface area contributed by atoms with Crippen LogP contribution in [0.2, 0.25) is 5.02 Å². The Labute approximate surface area is 161 Å². The molecule has 138 valence electrons. The van der Waals surface area contributed by atoms with E-state index in [0.29, 0.717) is 35.6 Å². The molecule has 3 aromatic rings. The molecular formula is C20H19ClN4O2. The highest BCUT2D eigenvalue weighted by atomic mass is 35.5. The van der Waals surface area contributed by atoms with Crippen molar-refractivity contribution in [3.63, 3.8) is 0 Å². The number of ether oxygens (including phenoxy) is 1. The standard InChI is InChI=1S/C20H19ClN4O2/c1-13-23-18-8-10-25(12-17(18)19(26)24-13)11-14-3-2-9-22-20(14)27-16-6-4-15(21)5-7-16/h2-7,9H,8,10-12H2,1H3,(H,23,24,26). The van der Waals surface area contributed by atoms with E-state index in [4.69, 9.17) is 16.3 Å². The lowest BCUT2D eigenvalue weighted by Crippen LogP contribution is -2.35. The van der Waals surface area contributed by atoms with Gasteiger partial charge in [-0.2, -0.15) is 0 Å². The summed E-state index contributed by atoms with van der Waals surface area (Å²) in [7, 11) is 0. The summed E-state index contributed by atoms with van der Waals surface area (Å²) in [5.41, 5.74) is 2.56. The molecule has 0 fully saturated rings. The molecule has 1 aliphatic heterocycles. The molecule has 0 unspecified atom stereocenters. The average Bonchev–Trinajstić information content (AvgIpc) is 2.65. The molecule has 0 aliphatic carbocycles. The second-order valence-corrected chi connectivity index (χ2v) is 7.00. The summed E-state index contributed by atoms with van der Waals surface area (Å²) >= 11 is 5.93. The number of aromatic amines is 1. The summed E-state index contributed by atoms with van der Waals surface area (Å²) in [6, 6.07) is 11.1. The lowest BCUT2D eigenvalue weighted by Gasteiger charge is -2.28. The van der Waals surface area contributed by atoms with Gasteiger partial charge in [0.25, 0.3) is 5.56 Å². The number of rotatable bonds is 4. The number of hydrogen-bond donors (Lipinski definition) is 1. The zero-order valence-electron chi connectivity index (χ0n) is 14.9. The van der Waals surface area contributed by atoms with Crippen LogP contribution < -0.4 is 10.3 Å². The van der Waals surface area contributed by atoms with Gasteiger partial charge in [0.2, 0.25) is 5.88 Å². The highest BCUT2D eigenvalue weighted by molar-refractivity contribution is 6.30. The molecule has 1 aliphatic rings. The van der Waals surface area contributed by atoms with Crippen molar-refractivity contribution in [2.45, 2.75) is 26.4 Å². The Morgan fingerprint density at radius 2 is 2.07 bits per heavy atom. The number of hydrogen-bond acceptors (Lipinski definition) is 5. The first-order valence-corrected chi connectivity index (χ1v) is 9.14. The molecule has 4 rings (SSSR count). The Hall–Kier alpha value is -2.70. The molecule has 3 heterocycles. The number of aryl methyl sites for hydroxylation is 1. The molecule has 0 amide bonds. The minimum atomic E-state index is -0.0500. The van der Waals surface area contributed by atoms with E-state index in [1.807, 2.05) is 31.2 Å². The Morgan fingerprint density at radius 3 is 2.89 bits per heavy atom. The summed E-state index contributed by atoms with van der Waals surface area (Å²) in [6.07, 6.45) is 2.46. The molecule has 1 N–H and O–H groups in total. The van der Waals surface area contributed by atoms with Gasteiger partial charge in [-0.15, -0.1) is 0 Å². The van der Waals surface area contributed by atoms with Crippen molar-refractivity contribution in [1.29, 1.82) is 0 Å². The second-order valence-electron chi connectivity index (χ2n) is 6.56. The lowest BCUT2D eigenvalue weighted by molar-refractivity contribution is 0.238. The van der Waals surface area contributed by atoms with E-state index in [1.165, 1.54) is 0 Å². The second kappa shape index (κ2) is 7.50. The van der Waals surface area contributed by atoms with Crippen LogP contribution in [0.3, 0.4) is 0 Å². The maximum atomic E-state index is 12.2. The quantitative estimate of drug-likeness (QED) is 0.748. The fourth-order valence-corrected chi connectivity index (χ4v) is 3.36. The van der Waals surface area contributed by atoms with Crippen LogP contribution in [-0.4, -0.2) is 26.4 Å². The van der Waals surface area contributed by atoms with Crippen LogP contribution >= 0.6 is 11.6 Å². The van der Waals surface area contributed by atoms with Crippen molar-refractivity contribution in [3.8, 4) is 11.6 Å². The van der Waals surface area contributed by atoms with E-state index >= 15 is 0 Å². The largest absolute Gasteiger partial charge is 0.439 e. The third-order valence-electron chi connectivity index (χ3n) is 4.54. The van der Waals surface area contributed by atoms with Gasteiger partial charge < -0.3 is 9.72 Å². The van der Waals surface area contributed by atoms with Crippen molar-refractivity contribution in [3.05, 3.63) is 80.6 Å². The van der Waals surface area contributed by atoms with E-state index in [2.05, 4.69) is 19.9 Å². The zero-order valence-corrected chi connectivity index (χ0v) is 15.7. The number of aromatic nitrogens is 3. The van der Waals surface area contributed by atoms with Crippen LogP contribution in [0.5, 0.6) is 11.6 Å². The molecular weight excluding hydrogens is 364 g/mol. The van der Waals surface area contributed by atoms with Crippen LogP contribution in [-0.2, 0) is 19.5 Å². The minimum absolute atomic E-state index is 0.0500. The topological polar surface area (TPSA) is 71.1 Å². The fraction of sp³-hybridized carbons (Fsp3) is 0.250. The van der Waals surface area contributed by atoms with Crippen molar-refractivity contribution < 1.29 is 4.74 Å². The summed E-state index contributed by atoms with van der Waals surface area (Å²) in [5, 5.41) is 0.657. The van der Waals surface area contributed by atoms with Crippen molar-refractivity contribution in [1.82, 2.24) is 19.9 Å². The number of H-pyrrole nitrogens is 1. The molecule has 1 aromatic carbocycles. The lowest BCUT2D eigenvalue weighted by atomic mass is 10.1. The summed E-state index contributed by atoms with van der Waals surface area (Å²) in [4.78, 5) is 26.1. The van der Waals surface area contributed by atoms with E-state index < -0.39 is 0 Å². The number of pyridine rings is 1. The highest BCUT2D eigenvalue weighted by Crippen LogP contribution is 2.26. The molecule has 0 radical (unpaired) electrons. The molecule has 0 atom stereocenters. The van der Waals surface area contributed by atoms with Crippen LogP contribution in [0, 0.1) is 6.92 Å². The number of halogens is 1. The SMILES string of the molecule is Cc1nc2c(c(=O)[nH]1)CN(Cc1cccnc1Oc1ccc(Cl)cc1)CC2. The normalized spacial score (nSPS) is 14.0. The van der Waals surface area contributed by atoms with E-state index in [0.717, 1.165) is 29.8 Å². The van der Waals surface area contributed by atoms with Crippen LogP contribution in [0.25, 0.3) is 0 Å². The predicted molar refractivity (Wildman–Crippen MR) is 103 cm³/mol. The Bertz CT molecular complexity index is 1020. The molecule has 0 spiro atoms. The summed E-state index contributed by atoms with van der Waals surface area (Å²) < 4.78 is 5.94. The molecule has 0 saturated heterocycles. The van der Waals surface area contributed by atoms with Gasteiger partial charge in [-0.05, 0) is 37.3 Å². The van der Waals surface area contributed by atoms with E-state index in [9.17, 15) is 4.79 Å². The number of benzene rings is 1. The molecule has 2 aromatic heterocycles. The fourth-order valence-electron chi connectivity index (χ4n) is 3.23. The molecule has 6 nitrogen and oxygen atoms in total. The first-order valence-electron chi connectivity index (χ1n) is 8.77. The Balaban J connectivity index is 1.53. The van der Waals surface area contributed by atoms with Crippen molar-refractivity contribution >= 4 is 11.6 Å². The van der Waals surface area contributed by atoms with E-state index in [-0.39, 0.29) is 5.56 Å². The summed E-state index contributed by atoms with van der Waals surface area (Å²) in [6.45, 7) is 3.85. The van der Waals surface area contributed by atoms with Crippen LogP contribution in [0.4, 0.5) is 0 Å². The van der Waals surface area contributed by atoms with Gasteiger partial charge in [-0.25, -0.2) is 9.97 Å². The number of nitrogens with zero attached hydrogens (tertiary/aromatic N) is 3. The Kier molecular flexibility index (Phi) is 4.92. The van der Waals surface area contributed by atoms with Crippen molar-refractivity contribution in [2.75, 3.05) is 6.54 Å². The minimum Gasteiger partial charge on any atom is -0.439 e. The van der Waals surface area contributed by atoms with Gasteiger partial charge >= 0.3 is 0 Å².